The minimum absolute atomic E-state index is 0.364. The van der Waals surface area contributed by atoms with Crippen LogP contribution < -0.4 is 4.90 Å². The second kappa shape index (κ2) is 3.60. The summed E-state index contributed by atoms with van der Waals surface area (Å²) in [5.41, 5.74) is 0.840. The minimum atomic E-state index is -2.48. The number of H-pyrrole nitrogens is 1. The first-order chi connectivity index (χ1) is 9.09. The first kappa shape index (κ1) is 11.5. The smallest absolute Gasteiger partial charge is 0.256 e. The van der Waals surface area contributed by atoms with E-state index in [1.807, 2.05) is 17.0 Å². The molecule has 1 saturated carbocycles. The molecule has 19 heavy (non-hydrogen) atoms. The third-order valence-electron chi connectivity index (χ3n) is 4.31. The first-order valence-electron chi connectivity index (χ1n) is 6.34. The number of aromatic nitrogens is 2. The third kappa shape index (κ3) is 1.51. The van der Waals surface area contributed by atoms with Crippen LogP contribution in [0.25, 0.3) is 10.9 Å². The number of anilines is 1. The summed E-state index contributed by atoms with van der Waals surface area (Å²) in [6.45, 7) is 0.977. The Morgan fingerprint density at radius 3 is 3.00 bits per heavy atom. The number of hydrogen-bond donors (Lipinski definition) is 1. The van der Waals surface area contributed by atoms with E-state index in [-0.39, 0.29) is 0 Å². The Hall–Kier alpha value is -1.36. The van der Waals surface area contributed by atoms with Crippen LogP contribution in [-0.4, -0.2) is 29.2 Å². The van der Waals surface area contributed by atoms with Gasteiger partial charge in [0.1, 0.15) is 0 Å². The van der Waals surface area contributed by atoms with Crippen molar-refractivity contribution in [3.63, 3.8) is 0 Å². The molecule has 1 aliphatic carbocycles. The van der Waals surface area contributed by atoms with E-state index in [1.165, 1.54) is 0 Å². The molecule has 2 aromatic rings. The molecule has 1 aromatic carbocycles. The number of halogens is 3. The zero-order valence-corrected chi connectivity index (χ0v) is 10.8. The second-order valence-electron chi connectivity index (χ2n) is 5.33. The SMILES string of the molecule is FC1(F)C2CCN(c3n[nH]c4cccc(Cl)c34)CC21. The van der Waals surface area contributed by atoms with Crippen molar-refractivity contribution < 1.29 is 8.78 Å². The zero-order valence-electron chi connectivity index (χ0n) is 10.0. The number of nitrogens with zero attached hydrogens (tertiary/aromatic N) is 2. The van der Waals surface area contributed by atoms with Gasteiger partial charge in [0.15, 0.2) is 5.82 Å². The van der Waals surface area contributed by atoms with Gasteiger partial charge in [0.2, 0.25) is 0 Å². The van der Waals surface area contributed by atoms with Crippen molar-refractivity contribution in [2.75, 3.05) is 18.0 Å². The summed E-state index contributed by atoms with van der Waals surface area (Å²) in [5.74, 6) is -2.73. The molecule has 2 unspecified atom stereocenters. The summed E-state index contributed by atoms with van der Waals surface area (Å²) in [7, 11) is 0. The molecule has 0 amide bonds. The zero-order chi connectivity index (χ0) is 13.2. The van der Waals surface area contributed by atoms with Crippen molar-refractivity contribution in [3.05, 3.63) is 23.2 Å². The molecule has 1 saturated heterocycles. The normalized spacial score (nSPS) is 28.5. The predicted molar refractivity (Wildman–Crippen MR) is 69.9 cm³/mol. The summed E-state index contributed by atoms with van der Waals surface area (Å²) in [6, 6.07) is 5.52. The number of aromatic amines is 1. The molecule has 2 atom stereocenters. The Labute approximate surface area is 113 Å². The summed E-state index contributed by atoms with van der Waals surface area (Å²) in [6.07, 6.45) is 0.524. The monoisotopic (exact) mass is 283 g/mol. The highest BCUT2D eigenvalue weighted by molar-refractivity contribution is 6.36. The average molecular weight is 284 g/mol. The fourth-order valence-corrected chi connectivity index (χ4v) is 3.42. The van der Waals surface area contributed by atoms with Crippen molar-refractivity contribution in [2.24, 2.45) is 11.8 Å². The number of hydrogen-bond acceptors (Lipinski definition) is 2. The maximum absolute atomic E-state index is 13.4. The van der Waals surface area contributed by atoms with Crippen molar-refractivity contribution in [1.29, 1.82) is 0 Å². The topological polar surface area (TPSA) is 31.9 Å². The van der Waals surface area contributed by atoms with Crippen LogP contribution in [0.3, 0.4) is 0 Å². The van der Waals surface area contributed by atoms with Gasteiger partial charge in [-0.2, -0.15) is 5.10 Å². The molecule has 0 spiro atoms. The van der Waals surface area contributed by atoms with Gasteiger partial charge in [-0.1, -0.05) is 17.7 Å². The van der Waals surface area contributed by atoms with Crippen LogP contribution in [0, 0.1) is 11.8 Å². The standard InChI is InChI=1S/C13H12ClF2N3/c14-9-2-1-3-10-11(9)12(18-17-10)19-5-4-7-8(6-19)13(7,15)16/h1-3,7-8H,4-6H2,(H,17,18). The Morgan fingerprint density at radius 2 is 2.21 bits per heavy atom. The highest BCUT2D eigenvalue weighted by Gasteiger charge is 2.69. The number of benzene rings is 1. The Balaban J connectivity index is 1.72. The first-order valence-corrected chi connectivity index (χ1v) is 6.72. The van der Waals surface area contributed by atoms with Crippen LogP contribution in [0.15, 0.2) is 18.2 Å². The molecule has 2 heterocycles. The van der Waals surface area contributed by atoms with E-state index in [0.717, 1.165) is 10.9 Å². The van der Waals surface area contributed by atoms with E-state index in [9.17, 15) is 8.78 Å². The molecule has 3 nitrogen and oxygen atoms in total. The molecule has 1 aliphatic heterocycles. The summed E-state index contributed by atoms with van der Waals surface area (Å²) in [4.78, 5) is 1.92. The average Bonchev–Trinajstić information content (AvgIpc) is 2.75. The largest absolute Gasteiger partial charge is 0.354 e. The maximum Gasteiger partial charge on any atom is 0.256 e. The molecular formula is C13H12ClF2N3. The van der Waals surface area contributed by atoms with Gasteiger partial charge in [-0.3, -0.25) is 5.10 Å². The molecular weight excluding hydrogens is 272 g/mol. The highest BCUT2D eigenvalue weighted by atomic mass is 35.5. The van der Waals surface area contributed by atoms with E-state index < -0.39 is 17.8 Å². The van der Waals surface area contributed by atoms with Gasteiger partial charge < -0.3 is 4.90 Å². The molecule has 1 aromatic heterocycles. The molecule has 2 aliphatic rings. The molecule has 2 fully saturated rings. The molecule has 100 valence electrons. The van der Waals surface area contributed by atoms with Crippen LogP contribution >= 0.6 is 11.6 Å². The van der Waals surface area contributed by atoms with Gasteiger partial charge in [-0.25, -0.2) is 8.78 Å². The van der Waals surface area contributed by atoms with Crippen LogP contribution in [-0.2, 0) is 0 Å². The van der Waals surface area contributed by atoms with Gasteiger partial charge in [-0.15, -0.1) is 0 Å². The quantitative estimate of drug-likeness (QED) is 0.871. The van der Waals surface area contributed by atoms with Gasteiger partial charge in [0.25, 0.3) is 5.92 Å². The Morgan fingerprint density at radius 1 is 1.37 bits per heavy atom. The van der Waals surface area contributed by atoms with E-state index in [1.54, 1.807) is 6.07 Å². The lowest BCUT2D eigenvalue weighted by atomic mass is 10.1. The van der Waals surface area contributed by atoms with Crippen LogP contribution in [0.4, 0.5) is 14.6 Å². The van der Waals surface area contributed by atoms with Crippen molar-refractivity contribution in [2.45, 2.75) is 12.3 Å². The molecule has 0 radical (unpaired) electrons. The third-order valence-corrected chi connectivity index (χ3v) is 4.63. The Bertz CT molecular complexity index is 654. The number of fused-ring (bicyclic) bond motifs is 2. The van der Waals surface area contributed by atoms with Crippen molar-refractivity contribution in [3.8, 4) is 0 Å². The van der Waals surface area contributed by atoms with Gasteiger partial charge in [-0.05, 0) is 18.6 Å². The lowest BCUT2D eigenvalue weighted by molar-refractivity contribution is 0.0870. The van der Waals surface area contributed by atoms with Gasteiger partial charge >= 0.3 is 0 Å². The second-order valence-corrected chi connectivity index (χ2v) is 5.74. The maximum atomic E-state index is 13.4. The van der Waals surface area contributed by atoms with E-state index >= 15 is 0 Å². The summed E-state index contributed by atoms with van der Waals surface area (Å²) in [5, 5.41) is 8.59. The van der Waals surface area contributed by atoms with E-state index in [4.69, 9.17) is 11.6 Å². The fourth-order valence-electron chi connectivity index (χ4n) is 3.16. The number of piperidine rings is 1. The Kier molecular flexibility index (Phi) is 2.17. The van der Waals surface area contributed by atoms with Crippen LogP contribution in [0.2, 0.25) is 5.02 Å². The van der Waals surface area contributed by atoms with E-state index in [2.05, 4.69) is 10.2 Å². The van der Waals surface area contributed by atoms with E-state index in [0.29, 0.717) is 30.4 Å². The number of alkyl halides is 2. The van der Waals surface area contributed by atoms with Crippen molar-refractivity contribution >= 4 is 28.3 Å². The fraction of sp³-hybridized carbons (Fsp3) is 0.462. The lowest BCUT2D eigenvalue weighted by Crippen LogP contribution is -2.31. The number of rotatable bonds is 1. The predicted octanol–water partition coefficient (Wildman–Crippen LogP) is 3.31. The summed E-state index contributed by atoms with van der Waals surface area (Å²) < 4.78 is 26.9. The van der Waals surface area contributed by atoms with Gasteiger partial charge in [0, 0.05) is 24.9 Å². The number of nitrogens with one attached hydrogen (secondary N) is 1. The van der Waals surface area contributed by atoms with Crippen molar-refractivity contribution in [1.82, 2.24) is 10.2 Å². The molecule has 0 bridgehead atoms. The molecule has 6 heteroatoms. The molecule has 4 rings (SSSR count). The van der Waals surface area contributed by atoms with Gasteiger partial charge in [0.05, 0.1) is 15.9 Å². The lowest BCUT2D eigenvalue weighted by Gasteiger charge is -2.25. The molecule has 1 N–H and O–H groups in total. The minimum Gasteiger partial charge on any atom is -0.354 e. The van der Waals surface area contributed by atoms with Crippen LogP contribution in [0.1, 0.15) is 6.42 Å². The summed E-state index contributed by atoms with van der Waals surface area (Å²) >= 11 is 6.19. The van der Waals surface area contributed by atoms with Crippen LogP contribution in [0.5, 0.6) is 0 Å². The highest BCUT2D eigenvalue weighted by Crippen LogP contribution is 2.59.